The lowest BCUT2D eigenvalue weighted by Crippen LogP contribution is -2.26. The van der Waals surface area contributed by atoms with Crippen molar-refractivity contribution >= 4 is 67.4 Å². The highest BCUT2D eigenvalue weighted by molar-refractivity contribution is 7.98. The van der Waals surface area contributed by atoms with E-state index in [0.29, 0.717) is 21.6 Å². The summed E-state index contributed by atoms with van der Waals surface area (Å²) >= 11 is 14.2. The van der Waals surface area contributed by atoms with E-state index in [1.807, 2.05) is 6.07 Å². The van der Waals surface area contributed by atoms with Crippen molar-refractivity contribution in [1.82, 2.24) is 14.9 Å². The van der Waals surface area contributed by atoms with E-state index in [0.717, 1.165) is 16.9 Å². The van der Waals surface area contributed by atoms with E-state index in [4.69, 9.17) is 23.2 Å². The van der Waals surface area contributed by atoms with E-state index in [1.165, 1.54) is 0 Å². The molecule has 2 N–H and O–H groups in total. The van der Waals surface area contributed by atoms with Gasteiger partial charge in [-0.2, -0.15) is 11.8 Å². The van der Waals surface area contributed by atoms with Crippen LogP contribution in [0.4, 0.5) is 5.13 Å². The first-order valence-corrected chi connectivity index (χ1v) is 11.7. The average molecular weight is 455 g/mol. The first-order valence-electron chi connectivity index (χ1n) is 7.46. The summed E-state index contributed by atoms with van der Waals surface area (Å²) in [7, 11) is -3.75. The molecule has 0 radical (unpaired) electrons. The van der Waals surface area contributed by atoms with Gasteiger partial charge in [-0.05, 0) is 17.7 Å². The number of amides is 1. The van der Waals surface area contributed by atoms with E-state index >= 15 is 0 Å². The molecule has 1 amide bonds. The van der Waals surface area contributed by atoms with Gasteiger partial charge in [0, 0.05) is 24.5 Å². The van der Waals surface area contributed by atoms with Gasteiger partial charge in [0.1, 0.15) is 0 Å². The van der Waals surface area contributed by atoms with Crippen LogP contribution in [0.15, 0.2) is 22.5 Å². The summed E-state index contributed by atoms with van der Waals surface area (Å²) in [6.45, 7) is 1.93. The monoisotopic (exact) mass is 454 g/mol. The Morgan fingerprint density at radius 3 is 2.73 bits per heavy atom. The Kier molecular flexibility index (Phi) is 8.11. The minimum atomic E-state index is -3.75. The van der Waals surface area contributed by atoms with Gasteiger partial charge >= 0.3 is 0 Å². The predicted octanol–water partition coefficient (Wildman–Crippen LogP) is 3.41. The van der Waals surface area contributed by atoms with Gasteiger partial charge in [0.25, 0.3) is 10.0 Å². The molecule has 0 aliphatic heterocycles. The standard InChI is InChI=1S/C14H16Cl2N4O3S3/c1-2-12(21)18-13-19-20-14(25-13)26(22,23)17-5-6-24-8-9-3-4-10(15)11(16)7-9/h3-4,7,17H,2,5-6,8H2,1H3,(H,18,19,21). The molecule has 0 saturated heterocycles. The lowest BCUT2D eigenvalue weighted by Gasteiger charge is -2.05. The van der Waals surface area contributed by atoms with Crippen LogP contribution < -0.4 is 10.0 Å². The molecular formula is C14H16Cl2N4O3S3. The summed E-state index contributed by atoms with van der Waals surface area (Å²) in [5, 5.41) is 10.9. The summed E-state index contributed by atoms with van der Waals surface area (Å²) in [6.07, 6.45) is 0.274. The van der Waals surface area contributed by atoms with E-state index in [-0.39, 0.29) is 28.3 Å². The second kappa shape index (κ2) is 9.86. The molecule has 0 unspecified atom stereocenters. The Hall–Kier alpha value is -0.910. The molecule has 0 bridgehead atoms. The fourth-order valence-corrected chi connectivity index (χ4v) is 4.95. The molecule has 0 aliphatic carbocycles. The molecule has 142 valence electrons. The number of rotatable bonds is 9. The molecule has 1 aromatic carbocycles. The second-order valence-electron chi connectivity index (χ2n) is 4.97. The summed E-state index contributed by atoms with van der Waals surface area (Å²) < 4.78 is 26.6. The first kappa shape index (κ1) is 21.4. The molecule has 0 fully saturated rings. The van der Waals surface area contributed by atoms with Crippen LogP contribution in [0.3, 0.4) is 0 Å². The molecule has 26 heavy (non-hydrogen) atoms. The number of nitrogens with zero attached hydrogens (tertiary/aromatic N) is 2. The maximum Gasteiger partial charge on any atom is 0.269 e. The fraction of sp³-hybridized carbons (Fsp3) is 0.357. The Balaban J connectivity index is 1.79. The van der Waals surface area contributed by atoms with Gasteiger partial charge in [-0.3, -0.25) is 4.79 Å². The molecule has 0 saturated carbocycles. The minimum absolute atomic E-state index is 0.159. The van der Waals surface area contributed by atoms with Crippen LogP contribution in [0.25, 0.3) is 0 Å². The fourth-order valence-electron chi connectivity index (χ4n) is 1.71. The van der Waals surface area contributed by atoms with E-state index in [9.17, 15) is 13.2 Å². The molecule has 0 atom stereocenters. The molecule has 2 aromatic rings. The molecule has 7 nitrogen and oxygen atoms in total. The second-order valence-corrected chi connectivity index (χ2v) is 9.81. The number of hydrogen-bond acceptors (Lipinski definition) is 7. The quantitative estimate of drug-likeness (QED) is 0.444. The summed E-state index contributed by atoms with van der Waals surface area (Å²) in [4.78, 5) is 11.3. The van der Waals surface area contributed by atoms with Gasteiger partial charge in [0.15, 0.2) is 0 Å². The maximum atomic E-state index is 12.2. The number of thioether (sulfide) groups is 1. The van der Waals surface area contributed by atoms with E-state index in [2.05, 4.69) is 20.2 Å². The van der Waals surface area contributed by atoms with Crippen LogP contribution in [0.2, 0.25) is 10.0 Å². The summed E-state index contributed by atoms with van der Waals surface area (Å²) in [5.41, 5.74) is 1.01. The van der Waals surface area contributed by atoms with Crippen molar-refractivity contribution in [3.63, 3.8) is 0 Å². The van der Waals surface area contributed by atoms with E-state index < -0.39 is 10.0 Å². The van der Waals surface area contributed by atoms with Gasteiger partial charge in [0.2, 0.25) is 15.4 Å². The van der Waals surface area contributed by atoms with Crippen LogP contribution in [0, 0.1) is 0 Å². The molecule has 0 spiro atoms. The topological polar surface area (TPSA) is 101 Å². The molecule has 2 rings (SSSR count). The van der Waals surface area contributed by atoms with Crippen molar-refractivity contribution in [3.8, 4) is 0 Å². The molecule has 0 aliphatic rings. The summed E-state index contributed by atoms with van der Waals surface area (Å²) in [6, 6.07) is 5.39. The van der Waals surface area contributed by atoms with Crippen LogP contribution in [-0.2, 0) is 20.6 Å². The third kappa shape index (κ3) is 6.36. The van der Waals surface area contributed by atoms with Crippen molar-refractivity contribution in [3.05, 3.63) is 33.8 Å². The lowest BCUT2D eigenvalue weighted by molar-refractivity contribution is -0.115. The molecular weight excluding hydrogens is 439 g/mol. The van der Waals surface area contributed by atoms with Crippen molar-refractivity contribution in [2.24, 2.45) is 0 Å². The van der Waals surface area contributed by atoms with Gasteiger partial charge in [-0.15, -0.1) is 10.2 Å². The number of aromatic nitrogens is 2. The van der Waals surface area contributed by atoms with Crippen LogP contribution in [0.1, 0.15) is 18.9 Å². The summed E-state index contributed by atoms with van der Waals surface area (Å²) in [5.74, 6) is 0.999. The Labute approximate surface area is 169 Å². The number of anilines is 1. The number of carbonyl (C=O) groups excluding carboxylic acids is 1. The first-order chi connectivity index (χ1) is 12.3. The number of sulfonamides is 1. The highest BCUT2D eigenvalue weighted by atomic mass is 35.5. The van der Waals surface area contributed by atoms with Gasteiger partial charge in [0.05, 0.1) is 10.0 Å². The third-order valence-corrected chi connectivity index (χ3v) is 7.43. The Morgan fingerprint density at radius 1 is 1.27 bits per heavy atom. The van der Waals surface area contributed by atoms with Crippen LogP contribution in [0.5, 0.6) is 0 Å². The largest absolute Gasteiger partial charge is 0.301 e. The number of nitrogens with one attached hydrogen (secondary N) is 2. The zero-order valence-corrected chi connectivity index (χ0v) is 17.6. The zero-order chi connectivity index (χ0) is 19.2. The normalized spacial score (nSPS) is 11.5. The van der Waals surface area contributed by atoms with Gasteiger partial charge < -0.3 is 5.32 Å². The van der Waals surface area contributed by atoms with Crippen LogP contribution >= 0.6 is 46.3 Å². The number of benzene rings is 1. The highest BCUT2D eigenvalue weighted by Gasteiger charge is 2.20. The van der Waals surface area contributed by atoms with Crippen molar-refractivity contribution < 1.29 is 13.2 Å². The van der Waals surface area contributed by atoms with Crippen LogP contribution in [-0.4, -0.2) is 36.8 Å². The van der Waals surface area contributed by atoms with Crippen molar-refractivity contribution in [2.45, 2.75) is 23.4 Å². The number of hydrogen-bond donors (Lipinski definition) is 2. The number of carbonyl (C=O) groups is 1. The SMILES string of the molecule is CCC(=O)Nc1nnc(S(=O)(=O)NCCSCc2ccc(Cl)c(Cl)c2)s1. The molecule has 1 aromatic heterocycles. The molecule has 1 heterocycles. The van der Waals surface area contributed by atoms with E-state index in [1.54, 1.807) is 30.8 Å². The maximum absolute atomic E-state index is 12.2. The smallest absolute Gasteiger partial charge is 0.269 e. The zero-order valence-electron chi connectivity index (χ0n) is 13.7. The number of halogens is 2. The van der Waals surface area contributed by atoms with Crippen molar-refractivity contribution in [2.75, 3.05) is 17.6 Å². The highest BCUT2D eigenvalue weighted by Crippen LogP contribution is 2.24. The predicted molar refractivity (Wildman–Crippen MR) is 107 cm³/mol. The van der Waals surface area contributed by atoms with Gasteiger partial charge in [-0.1, -0.05) is 47.5 Å². The third-order valence-electron chi connectivity index (χ3n) is 3.00. The van der Waals surface area contributed by atoms with Gasteiger partial charge in [-0.25, -0.2) is 13.1 Å². The van der Waals surface area contributed by atoms with Crippen molar-refractivity contribution in [1.29, 1.82) is 0 Å². The Morgan fingerprint density at radius 2 is 2.04 bits per heavy atom. The minimum Gasteiger partial charge on any atom is -0.301 e. The lowest BCUT2D eigenvalue weighted by atomic mass is 10.2. The molecule has 12 heteroatoms. The average Bonchev–Trinajstić information content (AvgIpc) is 3.07. The Bertz CT molecular complexity index is 874.